The minimum absolute atomic E-state index is 0.178. The Morgan fingerprint density at radius 3 is 2.73 bits per heavy atom. The van der Waals surface area contributed by atoms with Gasteiger partial charge in [0.1, 0.15) is 0 Å². The fourth-order valence-corrected chi connectivity index (χ4v) is 0.744. The second-order valence-corrected chi connectivity index (χ2v) is 2.03. The van der Waals surface area contributed by atoms with Crippen molar-refractivity contribution in [3.63, 3.8) is 0 Å². The highest BCUT2D eigenvalue weighted by Gasteiger charge is 2.16. The Kier molecular flexibility index (Phi) is 1.79. The predicted octanol–water partition coefficient (Wildman–Crippen LogP) is 0.826. The zero-order valence-corrected chi connectivity index (χ0v) is 5.92. The highest BCUT2D eigenvalue weighted by Crippen LogP contribution is 2.25. The molecule has 0 spiro atoms. The van der Waals surface area contributed by atoms with Gasteiger partial charge in [0, 0.05) is 6.20 Å². The summed E-state index contributed by atoms with van der Waals surface area (Å²) in [6.07, 6.45) is 2.19. The number of hydrogen-bond acceptors (Lipinski definition) is 4. The molecule has 2 N–H and O–H groups in total. The van der Waals surface area contributed by atoms with Gasteiger partial charge < -0.3 is 5.73 Å². The maximum Gasteiger partial charge on any atom is 0.338 e. The fraction of sp³-hybridized carbons (Fsp3) is 0. The third-order valence-electron chi connectivity index (χ3n) is 0.975. The molecule has 1 heterocycles. The molecule has 5 nitrogen and oxygen atoms in total. The summed E-state index contributed by atoms with van der Waals surface area (Å²) in [5, 5.41) is 10.0. The Balaban J connectivity index is 3.32. The quantitative estimate of drug-likeness (QED) is 0.501. The monoisotopic (exact) mass is 171 g/mol. The molecule has 11 heavy (non-hydrogen) atoms. The van der Waals surface area contributed by atoms with Crippen molar-refractivity contribution in [2.75, 3.05) is 5.73 Å². The average molecular weight is 172 g/mol. The largest absolute Gasteiger partial charge is 0.377 e. The van der Waals surface area contributed by atoms with E-state index in [-0.39, 0.29) is 10.8 Å². The van der Waals surface area contributed by atoms with Crippen molar-refractivity contribution in [2.45, 2.75) is 0 Å². The van der Waals surface area contributed by atoms with Gasteiger partial charge in [-0.2, -0.15) is 4.98 Å². The van der Waals surface area contributed by atoms with Gasteiger partial charge in [-0.3, -0.25) is 10.1 Å². The molecular formula is C5H2ClN3O2. The summed E-state index contributed by atoms with van der Waals surface area (Å²) < 4.78 is 0. The minimum atomic E-state index is -0.713. The van der Waals surface area contributed by atoms with E-state index in [1.54, 1.807) is 0 Å². The molecular weight excluding hydrogens is 170 g/mol. The molecule has 0 aliphatic rings. The minimum Gasteiger partial charge on any atom is -0.377 e. The van der Waals surface area contributed by atoms with E-state index < -0.39 is 10.6 Å². The Bertz CT molecular complexity index is 282. The summed E-state index contributed by atoms with van der Waals surface area (Å²) in [7, 11) is 0. The first-order valence-corrected chi connectivity index (χ1v) is 2.89. The van der Waals surface area contributed by atoms with Crippen molar-refractivity contribution in [1.29, 1.82) is 0 Å². The van der Waals surface area contributed by atoms with E-state index in [1.165, 1.54) is 0 Å². The molecule has 6 heteroatoms. The van der Waals surface area contributed by atoms with E-state index >= 15 is 0 Å². The third kappa shape index (κ3) is 1.30. The van der Waals surface area contributed by atoms with Crippen LogP contribution in [0.3, 0.4) is 0 Å². The van der Waals surface area contributed by atoms with Crippen LogP contribution in [0.1, 0.15) is 0 Å². The lowest BCUT2D eigenvalue weighted by molar-refractivity contribution is -0.384. The first kappa shape index (κ1) is 7.57. The summed E-state index contributed by atoms with van der Waals surface area (Å²) in [5.41, 5.74) is 4.71. The molecule has 0 fully saturated rings. The van der Waals surface area contributed by atoms with Crippen LogP contribution < -0.4 is 5.73 Å². The van der Waals surface area contributed by atoms with Crippen LogP contribution in [0.25, 0.3) is 0 Å². The van der Waals surface area contributed by atoms with Gasteiger partial charge in [-0.25, -0.2) is 0 Å². The number of nitrogens with two attached hydrogens (primary N) is 1. The normalized spacial score (nSPS) is 8.82. The molecule has 1 aromatic heterocycles. The van der Waals surface area contributed by atoms with Crippen molar-refractivity contribution in [3.05, 3.63) is 27.4 Å². The van der Waals surface area contributed by atoms with E-state index in [0.717, 1.165) is 0 Å². The number of halogens is 1. The molecule has 0 saturated heterocycles. The molecule has 1 aromatic rings. The molecule has 0 unspecified atom stereocenters. The second-order valence-electron chi connectivity index (χ2n) is 1.65. The smallest absolute Gasteiger partial charge is 0.338 e. The standard InChI is InChI=1S/C5H2ClN3O2/c6-3-1-2-8-5(7)4(3)9(10)11/h(H2,7,8). The number of anilines is 1. The molecule has 0 bridgehead atoms. The van der Waals surface area contributed by atoms with Crippen molar-refractivity contribution < 1.29 is 4.92 Å². The number of nitrogens with zero attached hydrogens (tertiary/aromatic N) is 2. The van der Waals surface area contributed by atoms with Gasteiger partial charge in [-0.1, -0.05) is 11.6 Å². The van der Waals surface area contributed by atoms with Crippen molar-refractivity contribution in [2.24, 2.45) is 0 Å². The number of hydrogen-bond donors (Lipinski definition) is 1. The SMILES string of the molecule is Nc1nc#cc(Cl)c1[N+](=O)[O-]. The molecule has 0 saturated carbocycles. The van der Waals surface area contributed by atoms with Crippen LogP contribution in [0, 0.1) is 22.4 Å². The zero-order chi connectivity index (χ0) is 8.43. The lowest BCUT2D eigenvalue weighted by Crippen LogP contribution is -1.97. The number of nitro groups is 1. The molecule has 0 amide bonds. The molecule has 1 rings (SSSR count). The summed E-state index contributed by atoms with van der Waals surface area (Å²) in [5.74, 6) is -0.251. The highest BCUT2D eigenvalue weighted by molar-refractivity contribution is 6.32. The topological polar surface area (TPSA) is 82.0 Å². The maximum atomic E-state index is 10.2. The molecule has 0 radical (unpaired) electrons. The Labute approximate surface area is 66.9 Å². The summed E-state index contributed by atoms with van der Waals surface area (Å²) in [4.78, 5) is 12.8. The van der Waals surface area contributed by atoms with Crippen molar-refractivity contribution in [1.82, 2.24) is 4.98 Å². The average Bonchev–Trinajstić information content (AvgIpc) is 1.85. The van der Waals surface area contributed by atoms with Gasteiger partial charge in [-0.05, 0) is 6.07 Å². The lowest BCUT2D eigenvalue weighted by Gasteiger charge is -1.92. The van der Waals surface area contributed by atoms with Crippen LogP contribution in [0.15, 0.2) is 0 Å². The highest BCUT2D eigenvalue weighted by atomic mass is 35.5. The summed E-state index contributed by atoms with van der Waals surface area (Å²) in [6.45, 7) is 0. The number of nitrogen functional groups attached to an aromatic ring is 1. The fourth-order valence-electron chi connectivity index (χ4n) is 0.536. The second kappa shape index (κ2) is 2.60. The molecule has 0 atom stereocenters. The Morgan fingerprint density at radius 1 is 1.73 bits per heavy atom. The number of aromatic nitrogens is 1. The van der Waals surface area contributed by atoms with Crippen LogP contribution >= 0.6 is 11.6 Å². The lowest BCUT2D eigenvalue weighted by atomic mass is 10.4. The van der Waals surface area contributed by atoms with Crippen molar-refractivity contribution in [3.8, 4) is 0 Å². The van der Waals surface area contributed by atoms with Gasteiger partial charge in [0.05, 0.1) is 4.92 Å². The van der Waals surface area contributed by atoms with Gasteiger partial charge in [0.2, 0.25) is 5.82 Å². The number of rotatable bonds is 1. The van der Waals surface area contributed by atoms with Gasteiger partial charge in [-0.15, -0.1) is 0 Å². The van der Waals surface area contributed by atoms with E-state index in [4.69, 9.17) is 17.3 Å². The molecule has 0 aliphatic carbocycles. The van der Waals surface area contributed by atoms with Gasteiger partial charge >= 0.3 is 5.69 Å². The van der Waals surface area contributed by atoms with E-state index in [1.807, 2.05) is 0 Å². The summed E-state index contributed by atoms with van der Waals surface area (Å²) >= 11 is 5.38. The zero-order valence-electron chi connectivity index (χ0n) is 5.17. The summed E-state index contributed by atoms with van der Waals surface area (Å²) in [6, 6.07) is 2.23. The Morgan fingerprint density at radius 2 is 2.36 bits per heavy atom. The molecule has 0 aromatic carbocycles. The Hall–Kier alpha value is -1.54. The van der Waals surface area contributed by atoms with Crippen LogP contribution in [0.2, 0.25) is 5.02 Å². The van der Waals surface area contributed by atoms with Gasteiger partial charge in [0.15, 0.2) is 5.02 Å². The molecule has 56 valence electrons. The van der Waals surface area contributed by atoms with Crippen LogP contribution in [-0.4, -0.2) is 9.91 Å². The van der Waals surface area contributed by atoms with E-state index in [9.17, 15) is 10.1 Å². The molecule has 0 aliphatic heterocycles. The van der Waals surface area contributed by atoms with Crippen LogP contribution in [-0.2, 0) is 0 Å². The first-order valence-electron chi connectivity index (χ1n) is 2.51. The van der Waals surface area contributed by atoms with E-state index in [0.29, 0.717) is 0 Å². The van der Waals surface area contributed by atoms with Crippen LogP contribution in [0.5, 0.6) is 0 Å². The predicted molar refractivity (Wildman–Crippen MR) is 38.0 cm³/mol. The van der Waals surface area contributed by atoms with E-state index in [2.05, 4.69) is 17.2 Å². The first-order chi connectivity index (χ1) is 5.13. The maximum absolute atomic E-state index is 10.2. The van der Waals surface area contributed by atoms with Gasteiger partial charge in [0.25, 0.3) is 0 Å². The van der Waals surface area contributed by atoms with Crippen molar-refractivity contribution >= 4 is 23.1 Å². The van der Waals surface area contributed by atoms with Crippen LogP contribution in [0.4, 0.5) is 11.5 Å². The third-order valence-corrected chi connectivity index (χ3v) is 1.25.